The fraction of sp³-hybridized carbons (Fsp3) is 0.125. The summed E-state index contributed by atoms with van der Waals surface area (Å²) in [6.07, 6.45) is 4.16. The van der Waals surface area contributed by atoms with Gasteiger partial charge in [0.2, 0.25) is 0 Å². The lowest BCUT2D eigenvalue weighted by Crippen LogP contribution is -2.07. The van der Waals surface area contributed by atoms with Crippen molar-refractivity contribution in [1.82, 2.24) is 0 Å². The van der Waals surface area contributed by atoms with Crippen molar-refractivity contribution >= 4 is 6.08 Å². The molecule has 2 aromatic carbocycles. The molecule has 0 bridgehead atoms. The fourth-order valence-corrected chi connectivity index (χ4v) is 2.56. The molecule has 2 aromatic rings. The second kappa shape index (κ2) is 3.86. The van der Waals surface area contributed by atoms with E-state index in [1.807, 2.05) is 6.92 Å². The Kier molecular flexibility index (Phi) is 2.34. The van der Waals surface area contributed by atoms with Crippen LogP contribution in [0.25, 0.3) is 17.2 Å². The van der Waals surface area contributed by atoms with Crippen molar-refractivity contribution in [1.29, 1.82) is 0 Å². The van der Waals surface area contributed by atoms with Crippen LogP contribution in [0.4, 0.5) is 0 Å². The molecule has 1 unspecified atom stereocenters. The third-order valence-electron chi connectivity index (χ3n) is 3.36. The van der Waals surface area contributed by atoms with Crippen molar-refractivity contribution in [2.24, 2.45) is 5.73 Å². The Bertz CT molecular complexity index is 596. The number of hydrogen-bond donors (Lipinski definition) is 1. The molecular weight excluding hydrogens is 206 g/mol. The molecule has 0 amide bonds. The Labute approximate surface area is 102 Å². The third-order valence-corrected chi connectivity index (χ3v) is 3.36. The highest BCUT2D eigenvalue weighted by Gasteiger charge is 2.24. The number of allylic oxidation sites excluding steroid dienone is 1. The summed E-state index contributed by atoms with van der Waals surface area (Å²) >= 11 is 0. The zero-order valence-electron chi connectivity index (χ0n) is 9.85. The summed E-state index contributed by atoms with van der Waals surface area (Å²) in [7, 11) is 0. The van der Waals surface area contributed by atoms with Crippen LogP contribution in [0.2, 0.25) is 0 Å². The summed E-state index contributed by atoms with van der Waals surface area (Å²) < 4.78 is 0. The van der Waals surface area contributed by atoms with E-state index in [1.165, 1.54) is 27.8 Å². The summed E-state index contributed by atoms with van der Waals surface area (Å²) in [5, 5.41) is 0. The van der Waals surface area contributed by atoms with E-state index in [4.69, 9.17) is 5.73 Å². The molecule has 0 radical (unpaired) electrons. The van der Waals surface area contributed by atoms with Gasteiger partial charge in [-0.1, -0.05) is 48.6 Å². The van der Waals surface area contributed by atoms with Gasteiger partial charge in [-0.15, -0.1) is 0 Å². The lowest BCUT2D eigenvalue weighted by Gasteiger charge is -2.06. The van der Waals surface area contributed by atoms with Crippen LogP contribution in [0.15, 0.2) is 48.5 Å². The first kappa shape index (κ1) is 10.3. The highest BCUT2D eigenvalue weighted by molar-refractivity contribution is 5.79. The van der Waals surface area contributed by atoms with Crippen LogP contribution < -0.4 is 5.73 Å². The second-order valence-electron chi connectivity index (χ2n) is 4.41. The minimum absolute atomic E-state index is 0.0198. The molecule has 0 aliphatic heterocycles. The average molecular weight is 221 g/mol. The molecule has 1 nitrogen and oxygen atoms in total. The van der Waals surface area contributed by atoms with Gasteiger partial charge in [0.25, 0.3) is 0 Å². The molecule has 0 saturated heterocycles. The van der Waals surface area contributed by atoms with Gasteiger partial charge < -0.3 is 5.73 Å². The standard InChI is InChI=1S/C16H15N/c1-2-5-11-8-9-13-12-6-3-4-7-14(12)16(17)15(13)10-11/h2-10,16H,17H2,1H3. The molecule has 1 aliphatic rings. The third kappa shape index (κ3) is 1.51. The molecule has 0 saturated carbocycles. The first-order valence-electron chi connectivity index (χ1n) is 5.93. The quantitative estimate of drug-likeness (QED) is 0.779. The minimum atomic E-state index is 0.0198. The Morgan fingerprint density at radius 1 is 1.00 bits per heavy atom. The number of benzene rings is 2. The molecule has 1 aliphatic carbocycles. The normalized spacial score (nSPS) is 17.2. The SMILES string of the molecule is CC=Cc1ccc2c(c1)C(N)c1ccccc1-2. The predicted octanol–water partition coefficient (Wildman–Crippen LogP) is 3.75. The summed E-state index contributed by atoms with van der Waals surface area (Å²) in [5.74, 6) is 0. The second-order valence-corrected chi connectivity index (χ2v) is 4.41. The molecule has 0 fully saturated rings. The molecule has 0 aromatic heterocycles. The average Bonchev–Trinajstić information content (AvgIpc) is 2.65. The van der Waals surface area contributed by atoms with Crippen LogP contribution in [0.3, 0.4) is 0 Å². The molecular formula is C16H15N. The van der Waals surface area contributed by atoms with Crippen molar-refractivity contribution in [2.45, 2.75) is 13.0 Å². The summed E-state index contributed by atoms with van der Waals surface area (Å²) in [5.41, 5.74) is 12.5. The molecule has 0 heterocycles. The molecule has 17 heavy (non-hydrogen) atoms. The minimum Gasteiger partial charge on any atom is -0.320 e. The molecule has 0 spiro atoms. The molecule has 2 N–H and O–H groups in total. The highest BCUT2D eigenvalue weighted by atomic mass is 14.7. The van der Waals surface area contributed by atoms with Crippen molar-refractivity contribution < 1.29 is 0 Å². The summed E-state index contributed by atoms with van der Waals surface area (Å²) in [6.45, 7) is 2.03. The van der Waals surface area contributed by atoms with E-state index in [0.717, 1.165) is 0 Å². The van der Waals surface area contributed by atoms with Crippen LogP contribution in [-0.4, -0.2) is 0 Å². The number of fused-ring (bicyclic) bond motifs is 3. The van der Waals surface area contributed by atoms with Crippen LogP contribution in [0, 0.1) is 0 Å². The Hall–Kier alpha value is -1.86. The van der Waals surface area contributed by atoms with E-state index in [2.05, 4.69) is 54.6 Å². The van der Waals surface area contributed by atoms with Gasteiger partial charge in [-0.3, -0.25) is 0 Å². The van der Waals surface area contributed by atoms with Gasteiger partial charge >= 0.3 is 0 Å². The first-order valence-corrected chi connectivity index (χ1v) is 5.93. The molecule has 1 atom stereocenters. The van der Waals surface area contributed by atoms with Crippen LogP contribution in [0.5, 0.6) is 0 Å². The first-order chi connectivity index (χ1) is 8.31. The summed E-state index contributed by atoms with van der Waals surface area (Å²) in [4.78, 5) is 0. The van der Waals surface area contributed by atoms with Gasteiger partial charge in [0.05, 0.1) is 6.04 Å². The predicted molar refractivity (Wildman–Crippen MR) is 72.6 cm³/mol. The lowest BCUT2D eigenvalue weighted by molar-refractivity contribution is 0.900. The van der Waals surface area contributed by atoms with Crippen molar-refractivity contribution in [3.05, 3.63) is 65.2 Å². The van der Waals surface area contributed by atoms with Crippen molar-refractivity contribution in [3.8, 4) is 11.1 Å². The number of rotatable bonds is 1. The van der Waals surface area contributed by atoms with Gasteiger partial charge in [-0.2, -0.15) is 0 Å². The Morgan fingerprint density at radius 2 is 1.76 bits per heavy atom. The maximum Gasteiger partial charge on any atom is 0.0564 e. The lowest BCUT2D eigenvalue weighted by atomic mass is 10.0. The topological polar surface area (TPSA) is 26.0 Å². The van der Waals surface area contributed by atoms with E-state index in [-0.39, 0.29) is 6.04 Å². The van der Waals surface area contributed by atoms with Gasteiger partial charge in [0.15, 0.2) is 0 Å². The maximum atomic E-state index is 6.30. The largest absolute Gasteiger partial charge is 0.320 e. The fourth-order valence-electron chi connectivity index (χ4n) is 2.56. The highest BCUT2D eigenvalue weighted by Crippen LogP contribution is 2.42. The maximum absolute atomic E-state index is 6.30. The van der Waals surface area contributed by atoms with Crippen molar-refractivity contribution in [3.63, 3.8) is 0 Å². The number of nitrogens with two attached hydrogens (primary N) is 1. The van der Waals surface area contributed by atoms with Gasteiger partial charge in [0, 0.05) is 0 Å². The van der Waals surface area contributed by atoms with Gasteiger partial charge in [0.1, 0.15) is 0 Å². The smallest absolute Gasteiger partial charge is 0.0564 e. The van der Waals surface area contributed by atoms with Gasteiger partial charge in [-0.05, 0) is 40.8 Å². The van der Waals surface area contributed by atoms with Crippen LogP contribution in [-0.2, 0) is 0 Å². The van der Waals surface area contributed by atoms with E-state index < -0.39 is 0 Å². The van der Waals surface area contributed by atoms with Crippen LogP contribution in [0.1, 0.15) is 29.7 Å². The Morgan fingerprint density at radius 3 is 2.59 bits per heavy atom. The monoisotopic (exact) mass is 221 g/mol. The number of hydrogen-bond acceptors (Lipinski definition) is 1. The Balaban J connectivity index is 2.20. The van der Waals surface area contributed by atoms with E-state index in [1.54, 1.807) is 0 Å². The molecule has 1 heteroatoms. The molecule has 84 valence electrons. The van der Waals surface area contributed by atoms with Gasteiger partial charge in [-0.25, -0.2) is 0 Å². The van der Waals surface area contributed by atoms with Crippen molar-refractivity contribution in [2.75, 3.05) is 0 Å². The van der Waals surface area contributed by atoms with Crippen LogP contribution >= 0.6 is 0 Å². The summed E-state index contributed by atoms with van der Waals surface area (Å²) in [6, 6.07) is 14.9. The zero-order chi connectivity index (χ0) is 11.8. The molecule has 3 rings (SSSR count). The van der Waals surface area contributed by atoms with E-state index >= 15 is 0 Å². The van der Waals surface area contributed by atoms with E-state index in [9.17, 15) is 0 Å². The van der Waals surface area contributed by atoms with E-state index in [0.29, 0.717) is 0 Å². The zero-order valence-corrected chi connectivity index (χ0v) is 9.85.